The van der Waals surface area contributed by atoms with Gasteiger partial charge in [-0.2, -0.15) is 0 Å². The highest BCUT2D eigenvalue weighted by atomic mass is 79.9. The van der Waals surface area contributed by atoms with Gasteiger partial charge >= 0.3 is 0 Å². The number of benzene rings is 1. The molecular weight excluding hydrogens is 362 g/mol. The van der Waals surface area contributed by atoms with Gasteiger partial charge in [-0.15, -0.1) is 0 Å². The summed E-state index contributed by atoms with van der Waals surface area (Å²) in [6.07, 6.45) is 0. The number of nitrogens with zero attached hydrogens (tertiary/aromatic N) is 1. The van der Waals surface area contributed by atoms with Gasteiger partial charge in [-0.05, 0) is 17.7 Å². The lowest BCUT2D eigenvalue weighted by atomic mass is 10.2. The van der Waals surface area contributed by atoms with E-state index < -0.39 is 10.0 Å². The first-order chi connectivity index (χ1) is 7.36. The zero-order chi connectivity index (χ0) is 12.3. The van der Waals surface area contributed by atoms with Crippen molar-refractivity contribution < 1.29 is 13.3 Å². The normalized spacial score (nSPS) is 12.1. The Morgan fingerprint density at radius 1 is 1.38 bits per heavy atom. The minimum atomic E-state index is -3.43. The zero-order valence-electron chi connectivity index (χ0n) is 8.78. The maximum Gasteiger partial charge on any atom is 0.239 e. The van der Waals surface area contributed by atoms with E-state index in [1.165, 1.54) is 14.2 Å². The fourth-order valence-corrected chi connectivity index (χ4v) is 3.47. The first-order valence-corrected chi connectivity index (χ1v) is 7.51. The van der Waals surface area contributed by atoms with Gasteiger partial charge in [0, 0.05) is 16.0 Å². The maximum atomic E-state index is 11.7. The van der Waals surface area contributed by atoms with Crippen LogP contribution in [0.15, 0.2) is 27.1 Å². The lowest BCUT2D eigenvalue weighted by molar-refractivity contribution is -0.0260. The largest absolute Gasteiger partial charge is 0.288 e. The van der Waals surface area contributed by atoms with Gasteiger partial charge in [0.15, 0.2) is 0 Å². The van der Waals surface area contributed by atoms with E-state index in [1.807, 2.05) is 0 Å². The fraction of sp³-hybridized carbons (Fsp3) is 0.333. The summed E-state index contributed by atoms with van der Waals surface area (Å²) in [4.78, 5) is 4.67. The second-order valence-corrected chi connectivity index (χ2v) is 6.82. The van der Waals surface area contributed by atoms with Crippen LogP contribution in [0.5, 0.6) is 0 Å². The van der Waals surface area contributed by atoms with E-state index in [9.17, 15) is 8.42 Å². The molecule has 0 aliphatic carbocycles. The van der Waals surface area contributed by atoms with Crippen LogP contribution in [0.3, 0.4) is 0 Å². The minimum Gasteiger partial charge on any atom is -0.288 e. The molecule has 4 nitrogen and oxygen atoms in total. The Bertz CT molecular complexity index is 476. The molecule has 0 aromatic heterocycles. The van der Waals surface area contributed by atoms with E-state index in [-0.39, 0.29) is 5.75 Å². The molecule has 7 heteroatoms. The van der Waals surface area contributed by atoms with E-state index >= 15 is 0 Å². The van der Waals surface area contributed by atoms with Crippen LogP contribution < -0.4 is 0 Å². The van der Waals surface area contributed by atoms with Crippen LogP contribution in [0.1, 0.15) is 5.56 Å². The summed E-state index contributed by atoms with van der Waals surface area (Å²) in [5.41, 5.74) is 0.687. The highest BCUT2D eigenvalue weighted by Gasteiger charge is 2.19. The van der Waals surface area contributed by atoms with Gasteiger partial charge in [0.2, 0.25) is 10.0 Å². The molecule has 0 saturated heterocycles. The molecule has 0 fully saturated rings. The van der Waals surface area contributed by atoms with E-state index in [2.05, 4.69) is 36.7 Å². The van der Waals surface area contributed by atoms with Crippen molar-refractivity contribution in [3.8, 4) is 0 Å². The molecule has 0 N–H and O–H groups in total. The molecule has 0 saturated carbocycles. The van der Waals surface area contributed by atoms with E-state index in [0.29, 0.717) is 5.56 Å². The van der Waals surface area contributed by atoms with Crippen LogP contribution in [0.2, 0.25) is 0 Å². The Morgan fingerprint density at radius 3 is 2.50 bits per heavy atom. The van der Waals surface area contributed by atoms with Crippen LogP contribution >= 0.6 is 31.9 Å². The Morgan fingerprint density at radius 2 is 2.00 bits per heavy atom. The zero-order valence-corrected chi connectivity index (χ0v) is 12.8. The first kappa shape index (κ1) is 14.1. The lowest BCUT2D eigenvalue weighted by Gasteiger charge is -2.14. The summed E-state index contributed by atoms with van der Waals surface area (Å²) in [7, 11) is -0.756. The van der Waals surface area contributed by atoms with Gasteiger partial charge in [0.1, 0.15) is 0 Å². The molecule has 0 bridgehead atoms. The van der Waals surface area contributed by atoms with Crippen molar-refractivity contribution in [2.75, 3.05) is 14.2 Å². The number of hydrogen-bond donors (Lipinski definition) is 0. The first-order valence-electron chi connectivity index (χ1n) is 4.31. The van der Waals surface area contributed by atoms with Crippen LogP contribution in [0.25, 0.3) is 0 Å². The summed E-state index contributed by atoms with van der Waals surface area (Å²) in [5.74, 6) is -0.106. The van der Waals surface area contributed by atoms with Gasteiger partial charge in [0.25, 0.3) is 0 Å². The molecule has 1 aromatic rings. The standard InChI is InChI=1S/C9H11Br2NO3S/c1-12(15-2)16(13,14)6-7-3-4-8(10)5-9(7)11/h3-5H,6H2,1-2H3. The quantitative estimate of drug-likeness (QED) is 0.763. The number of halogens is 2. The molecule has 0 unspecified atom stereocenters. The average Bonchev–Trinajstić information content (AvgIpc) is 2.21. The van der Waals surface area contributed by atoms with Crippen molar-refractivity contribution in [3.63, 3.8) is 0 Å². The molecule has 0 aliphatic heterocycles. The maximum absolute atomic E-state index is 11.7. The van der Waals surface area contributed by atoms with Crippen molar-refractivity contribution in [1.82, 2.24) is 4.47 Å². The molecule has 16 heavy (non-hydrogen) atoms. The lowest BCUT2D eigenvalue weighted by Crippen LogP contribution is -2.27. The molecular formula is C9H11Br2NO3S. The summed E-state index contributed by atoms with van der Waals surface area (Å²) >= 11 is 6.62. The third kappa shape index (κ3) is 3.53. The monoisotopic (exact) mass is 371 g/mol. The number of hydrogen-bond acceptors (Lipinski definition) is 3. The molecule has 0 radical (unpaired) electrons. The second-order valence-electron chi connectivity index (χ2n) is 3.08. The summed E-state index contributed by atoms with van der Waals surface area (Å²) < 4.78 is 26.0. The number of rotatable bonds is 4. The van der Waals surface area contributed by atoms with E-state index in [1.54, 1.807) is 18.2 Å². The van der Waals surface area contributed by atoms with E-state index in [4.69, 9.17) is 0 Å². The highest BCUT2D eigenvalue weighted by molar-refractivity contribution is 9.11. The SMILES string of the molecule is CON(C)S(=O)(=O)Cc1ccc(Br)cc1Br. The van der Waals surface area contributed by atoms with Gasteiger partial charge in [0.05, 0.1) is 12.9 Å². The Hall–Kier alpha value is 0.0500. The predicted molar refractivity (Wildman–Crippen MR) is 69.2 cm³/mol. The summed E-state index contributed by atoms with van der Waals surface area (Å²) in [5, 5.41) is 0. The molecule has 0 spiro atoms. The topological polar surface area (TPSA) is 46.6 Å². The van der Waals surface area contributed by atoms with Crippen molar-refractivity contribution in [2.24, 2.45) is 0 Å². The smallest absolute Gasteiger partial charge is 0.239 e. The van der Waals surface area contributed by atoms with E-state index in [0.717, 1.165) is 13.4 Å². The average molecular weight is 373 g/mol. The molecule has 0 aliphatic rings. The Labute approximate surface area is 112 Å². The molecule has 0 heterocycles. The fourth-order valence-electron chi connectivity index (χ4n) is 1.04. The molecule has 0 amide bonds. The van der Waals surface area contributed by atoms with Crippen molar-refractivity contribution >= 4 is 41.9 Å². The van der Waals surface area contributed by atoms with Crippen LogP contribution in [0, 0.1) is 0 Å². The minimum absolute atomic E-state index is 0.106. The summed E-state index contributed by atoms with van der Waals surface area (Å²) in [6.45, 7) is 0. The van der Waals surface area contributed by atoms with Gasteiger partial charge in [-0.3, -0.25) is 4.84 Å². The van der Waals surface area contributed by atoms with Gasteiger partial charge in [-0.25, -0.2) is 8.42 Å². The van der Waals surface area contributed by atoms with Crippen molar-refractivity contribution in [3.05, 3.63) is 32.7 Å². The third-order valence-electron chi connectivity index (χ3n) is 2.00. The van der Waals surface area contributed by atoms with Gasteiger partial charge in [-0.1, -0.05) is 42.4 Å². The van der Waals surface area contributed by atoms with Gasteiger partial charge < -0.3 is 0 Å². The van der Waals surface area contributed by atoms with Crippen LogP contribution in [-0.4, -0.2) is 27.0 Å². The van der Waals surface area contributed by atoms with Crippen molar-refractivity contribution in [2.45, 2.75) is 5.75 Å². The van der Waals surface area contributed by atoms with Crippen molar-refractivity contribution in [1.29, 1.82) is 0 Å². The second kappa shape index (κ2) is 5.59. The molecule has 1 aromatic carbocycles. The Kier molecular flexibility index (Phi) is 4.93. The Balaban J connectivity index is 2.97. The number of sulfonamides is 1. The predicted octanol–water partition coefficient (Wildman–Crippen LogP) is 2.53. The molecule has 0 atom stereocenters. The third-order valence-corrected chi connectivity index (χ3v) is 4.84. The molecule has 90 valence electrons. The molecule has 1 rings (SSSR count). The number of hydroxylamine groups is 1. The highest BCUT2D eigenvalue weighted by Crippen LogP contribution is 2.24. The van der Waals surface area contributed by atoms with Crippen LogP contribution in [-0.2, 0) is 20.6 Å². The van der Waals surface area contributed by atoms with Crippen LogP contribution in [0.4, 0.5) is 0 Å². The summed E-state index contributed by atoms with van der Waals surface area (Å²) in [6, 6.07) is 5.34.